The van der Waals surface area contributed by atoms with Gasteiger partial charge in [-0.1, -0.05) is 0 Å². The monoisotopic (exact) mass is 317 g/mol. The maximum absolute atomic E-state index is 13.1. The number of rotatable bonds is 5. The maximum Gasteiger partial charge on any atom is 0.285 e. The summed E-state index contributed by atoms with van der Waals surface area (Å²) in [5.74, 6) is 1.06. The quantitative estimate of drug-likeness (QED) is 0.845. The molecule has 0 aromatic heterocycles. The van der Waals surface area contributed by atoms with Crippen LogP contribution in [0.2, 0.25) is 0 Å². The van der Waals surface area contributed by atoms with E-state index in [0.717, 1.165) is 59.5 Å². The van der Waals surface area contributed by atoms with Crippen molar-refractivity contribution in [3.05, 3.63) is 23.3 Å². The molecule has 1 saturated heterocycles. The van der Waals surface area contributed by atoms with E-state index in [-0.39, 0.29) is 11.4 Å². The minimum Gasteiger partial charge on any atom is -0.497 e. The van der Waals surface area contributed by atoms with Crippen molar-refractivity contribution in [3.63, 3.8) is 0 Å². The Labute approximate surface area is 139 Å². The number of nitrogens with zero attached hydrogens (tertiary/aromatic N) is 1. The molecule has 0 unspecified atom stereocenters. The third kappa shape index (κ3) is 2.53. The largest absolute Gasteiger partial charge is 0.497 e. The topological polar surface area (TPSA) is 38.3 Å². The molecule has 0 radical (unpaired) electrons. The van der Waals surface area contributed by atoms with Gasteiger partial charge in [-0.25, -0.2) is 0 Å². The molecule has 1 aromatic rings. The Bertz CT molecular complexity index is 591. The van der Waals surface area contributed by atoms with Crippen molar-refractivity contribution in [2.24, 2.45) is 0 Å². The number of carbonyl (C=O) groups excluding carboxylic acids is 1. The average molecular weight is 317 g/mol. The number of likely N-dealkylation sites (N-methyl/N-ethyl adjacent to an activating group) is 1. The number of quaternary nitrogens is 1. The van der Waals surface area contributed by atoms with Crippen LogP contribution in [0.15, 0.2) is 12.1 Å². The van der Waals surface area contributed by atoms with E-state index in [1.807, 2.05) is 26.0 Å². The van der Waals surface area contributed by atoms with Gasteiger partial charge in [0.2, 0.25) is 0 Å². The molecule has 1 saturated carbocycles. The van der Waals surface area contributed by atoms with Crippen LogP contribution >= 0.6 is 0 Å². The first-order valence-corrected chi connectivity index (χ1v) is 8.81. The molecular weight excluding hydrogens is 288 g/mol. The summed E-state index contributed by atoms with van der Waals surface area (Å²) in [7, 11) is 1.67. The highest BCUT2D eigenvalue weighted by Crippen LogP contribution is 2.50. The van der Waals surface area contributed by atoms with Crippen molar-refractivity contribution in [1.29, 1.82) is 0 Å². The van der Waals surface area contributed by atoms with Gasteiger partial charge in [-0.05, 0) is 44.0 Å². The molecule has 1 N–H and O–H groups in total. The highest BCUT2D eigenvalue weighted by Gasteiger charge is 2.65. The fourth-order valence-corrected chi connectivity index (χ4v) is 4.49. The van der Waals surface area contributed by atoms with Gasteiger partial charge in [0.1, 0.15) is 5.75 Å². The van der Waals surface area contributed by atoms with Gasteiger partial charge < -0.3 is 14.5 Å². The van der Waals surface area contributed by atoms with Crippen LogP contribution < -0.4 is 10.1 Å². The van der Waals surface area contributed by atoms with Crippen molar-refractivity contribution in [1.82, 2.24) is 0 Å². The highest BCUT2D eigenvalue weighted by molar-refractivity contribution is 6.00. The minimum atomic E-state index is -0.177. The zero-order valence-electron chi connectivity index (χ0n) is 14.9. The van der Waals surface area contributed by atoms with Crippen molar-refractivity contribution in [3.8, 4) is 5.75 Å². The molecule has 1 heterocycles. The fraction of sp³-hybridized carbons (Fsp3) is 0.632. The maximum atomic E-state index is 13.1. The first-order valence-electron chi connectivity index (χ1n) is 8.81. The Morgan fingerprint density at radius 2 is 1.78 bits per heavy atom. The normalized spacial score (nSPS) is 21.0. The number of nitrogens with one attached hydrogen (secondary N) is 1. The Morgan fingerprint density at radius 3 is 2.22 bits per heavy atom. The van der Waals surface area contributed by atoms with E-state index < -0.39 is 0 Å². The standard InChI is InChI=1S/C19H28N2O2/c1-5-21(10-6-7-11-21)19(8-9-19)18(22)20-17-14(2)12-16(23-4)13-15(17)3/h12-13H,5-11H2,1-4H3/p+1. The zero-order chi connectivity index (χ0) is 16.7. The van der Waals surface area contributed by atoms with E-state index in [4.69, 9.17) is 4.74 Å². The number of methoxy groups -OCH3 is 1. The van der Waals surface area contributed by atoms with Crippen LogP contribution in [0.4, 0.5) is 5.69 Å². The first-order chi connectivity index (χ1) is 11.0. The Balaban J connectivity index is 1.85. The molecule has 1 aliphatic heterocycles. The van der Waals surface area contributed by atoms with Gasteiger partial charge >= 0.3 is 0 Å². The number of likely N-dealkylation sites (tertiary alicyclic amines) is 1. The van der Waals surface area contributed by atoms with Crippen LogP contribution in [0.25, 0.3) is 0 Å². The lowest BCUT2D eigenvalue weighted by atomic mass is 10.1. The molecule has 1 amide bonds. The van der Waals surface area contributed by atoms with Gasteiger partial charge in [-0.2, -0.15) is 0 Å². The number of hydrogen-bond acceptors (Lipinski definition) is 2. The Kier molecular flexibility index (Phi) is 4.13. The van der Waals surface area contributed by atoms with E-state index >= 15 is 0 Å². The number of ether oxygens (including phenoxy) is 1. The molecule has 1 aliphatic carbocycles. The molecule has 0 atom stereocenters. The van der Waals surface area contributed by atoms with Crippen molar-refractivity contribution in [2.75, 3.05) is 32.1 Å². The third-order valence-electron chi connectivity index (χ3n) is 6.06. The lowest BCUT2D eigenvalue weighted by Crippen LogP contribution is -2.60. The number of benzene rings is 1. The predicted molar refractivity (Wildman–Crippen MR) is 92.8 cm³/mol. The summed E-state index contributed by atoms with van der Waals surface area (Å²) in [4.78, 5) is 13.1. The number of aryl methyl sites for hydroxylation is 2. The zero-order valence-corrected chi connectivity index (χ0v) is 14.9. The summed E-state index contributed by atoms with van der Waals surface area (Å²) in [6.07, 6.45) is 4.56. The van der Waals surface area contributed by atoms with E-state index in [1.165, 1.54) is 12.8 Å². The lowest BCUT2D eigenvalue weighted by molar-refractivity contribution is -0.940. The lowest BCUT2D eigenvalue weighted by Gasteiger charge is -2.40. The van der Waals surface area contributed by atoms with Gasteiger partial charge in [0, 0.05) is 31.4 Å². The second kappa shape index (κ2) is 5.82. The molecule has 2 fully saturated rings. The summed E-state index contributed by atoms with van der Waals surface area (Å²) in [6, 6.07) is 3.98. The summed E-state index contributed by atoms with van der Waals surface area (Å²) < 4.78 is 6.31. The number of carbonyl (C=O) groups is 1. The predicted octanol–water partition coefficient (Wildman–Crippen LogP) is 3.41. The molecule has 4 nitrogen and oxygen atoms in total. The molecule has 4 heteroatoms. The van der Waals surface area contributed by atoms with Gasteiger partial charge in [0.15, 0.2) is 5.54 Å². The summed E-state index contributed by atoms with van der Waals surface area (Å²) in [6.45, 7) is 9.68. The van der Waals surface area contributed by atoms with E-state index in [2.05, 4.69) is 12.2 Å². The second-order valence-electron chi connectivity index (χ2n) is 7.24. The van der Waals surface area contributed by atoms with Gasteiger partial charge in [-0.15, -0.1) is 0 Å². The summed E-state index contributed by atoms with van der Waals surface area (Å²) in [5.41, 5.74) is 2.91. The molecule has 23 heavy (non-hydrogen) atoms. The molecule has 2 aliphatic rings. The van der Waals surface area contributed by atoms with Crippen LogP contribution in [0.5, 0.6) is 5.75 Å². The fourth-order valence-electron chi connectivity index (χ4n) is 4.49. The smallest absolute Gasteiger partial charge is 0.285 e. The second-order valence-corrected chi connectivity index (χ2v) is 7.24. The van der Waals surface area contributed by atoms with Gasteiger partial charge in [0.05, 0.1) is 26.7 Å². The number of hydrogen-bond donors (Lipinski definition) is 1. The van der Waals surface area contributed by atoms with Crippen molar-refractivity contribution in [2.45, 2.75) is 52.0 Å². The Hall–Kier alpha value is -1.55. The van der Waals surface area contributed by atoms with Gasteiger partial charge in [0.25, 0.3) is 5.91 Å². The van der Waals surface area contributed by atoms with Crippen molar-refractivity contribution >= 4 is 11.6 Å². The average Bonchev–Trinajstić information content (AvgIpc) is 3.22. The van der Waals surface area contributed by atoms with E-state index in [9.17, 15) is 4.79 Å². The van der Waals surface area contributed by atoms with Crippen LogP contribution in [-0.4, -0.2) is 42.7 Å². The first kappa shape index (κ1) is 16.3. The number of anilines is 1. The van der Waals surface area contributed by atoms with Gasteiger partial charge in [-0.3, -0.25) is 4.79 Å². The number of amides is 1. The van der Waals surface area contributed by atoms with Crippen LogP contribution in [0.1, 0.15) is 43.7 Å². The minimum absolute atomic E-state index is 0.177. The third-order valence-corrected chi connectivity index (χ3v) is 6.06. The summed E-state index contributed by atoms with van der Waals surface area (Å²) in [5, 5.41) is 3.26. The molecule has 0 bridgehead atoms. The molecule has 126 valence electrons. The van der Waals surface area contributed by atoms with E-state index in [1.54, 1.807) is 7.11 Å². The van der Waals surface area contributed by atoms with Crippen molar-refractivity contribution < 1.29 is 14.0 Å². The molecule has 0 spiro atoms. The Morgan fingerprint density at radius 1 is 1.22 bits per heavy atom. The molecule has 3 rings (SSSR count). The molecule has 1 aromatic carbocycles. The van der Waals surface area contributed by atoms with Crippen LogP contribution in [0.3, 0.4) is 0 Å². The SMILES string of the molecule is CC[N+]1(C2(C(=O)Nc3c(C)cc(OC)cc3C)CC2)CCCC1. The molecular formula is C19H29N2O2+. The van der Waals surface area contributed by atoms with Crippen LogP contribution in [-0.2, 0) is 4.79 Å². The van der Waals surface area contributed by atoms with Crippen LogP contribution in [0, 0.1) is 13.8 Å². The summed E-state index contributed by atoms with van der Waals surface area (Å²) >= 11 is 0. The van der Waals surface area contributed by atoms with E-state index in [0.29, 0.717) is 0 Å². The highest BCUT2D eigenvalue weighted by atomic mass is 16.5.